The van der Waals surface area contributed by atoms with Gasteiger partial charge in [-0.25, -0.2) is 0 Å². The lowest BCUT2D eigenvalue weighted by Gasteiger charge is -2.22. The summed E-state index contributed by atoms with van der Waals surface area (Å²) in [7, 11) is 0. The van der Waals surface area contributed by atoms with Crippen molar-refractivity contribution in [3.8, 4) is 0 Å². The normalized spacial score (nSPS) is 13.0. The van der Waals surface area contributed by atoms with Crippen LogP contribution in [0.2, 0.25) is 0 Å². The van der Waals surface area contributed by atoms with Gasteiger partial charge < -0.3 is 15.5 Å². The predicted molar refractivity (Wildman–Crippen MR) is 179 cm³/mol. The summed E-state index contributed by atoms with van der Waals surface area (Å²) >= 11 is 0. The molecular formula is C37H75NO3. The van der Waals surface area contributed by atoms with Crippen LogP contribution in [-0.2, 0) is 4.79 Å². The maximum Gasteiger partial charge on any atom is 0.220 e. The maximum absolute atomic E-state index is 12.3. The lowest BCUT2D eigenvalue weighted by atomic mass is 10.0. The fourth-order valence-corrected chi connectivity index (χ4v) is 5.95. The Balaban J connectivity index is 3.48. The molecule has 0 radical (unpaired) electrons. The highest BCUT2D eigenvalue weighted by Crippen LogP contribution is 2.16. The van der Waals surface area contributed by atoms with Crippen LogP contribution in [0.5, 0.6) is 0 Å². The van der Waals surface area contributed by atoms with E-state index in [0.717, 1.165) is 25.7 Å². The van der Waals surface area contributed by atoms with Gasteiger partial charge in [-0.1, -0.05) is 194 Å². The predicted octanol–water partition coefficient (Wildman–Crippen LogP) is 11.0. The van der Waals surface area contributed by atoms with E-state index in [1.54, 1.807) is 0 Å². The number of unbranched alkanes of at least 4 members (excludes halogenated alkanes) is 27. The van der Waals surface area contributed by atoms with Crippen LogP contribution in [0.15, 0.2) is 0 Å². The molecule has 4 nitrogen and oxygen atoms in total. The molecule has 2 unspecified atom stereocenters. The van der Waals surface area contributed by atoms with Gasteiger partial charge in [0.15, 0.2) is 0 Å². The third kappa shape index (κ3) is 30.6. The fraction of sp³-hybridized carbons (Fsp3) is 0.973. The first-order chi connectivity index (χ1) is 20.2. The SMILES string of the molecule is CCCCCCCCCCCCCCCCCCCCCC(O)C(CO)NC(=O)CCCCCCCCCCCC. The third-order valence-electron chi connectivity index (χ3n) is 8.87. The second-order valence-electron chi connectivity index (χ2n) is 13.0. The Morgan fingerprint density at radius 2 is 0.780 bits per heavy atom. The largest absolute Gasteiger partial charge is 0.394 e. The van der Waals surface area contributed by atoms with E-state index in [1.807, 2.05) is 0 Å². The monoisotopic (exact) mass is 582 g/mol. The molecule has 0 saturated carbocycles. The summed E-state index contributed by atoms with van der Waals surface area (Å²) in [5, 5.41) is 23.0. The van der Waals surface area contributed by atoms with Gasteiger partial charge in [-0.3, -0.25) is 4.79 Å². The molecule has 0 aliphatic carbocycles. The van der Waals surface area contributed by atoms with Gasteiger partial charge in [0.2, 0.25) is 5.91 Å². The molecule has 0 spiro atoms. The summed E-state index contributed by atoms with van der Waals surface area (Å²) in [6.45, 7) is 4.35. The van der Waals surface area contributed by atoms with E-state index < -0.39 is 12.1 Å². The van der Waals surface area contributed by atoms with E-state index in [2.05, 4.69) is 19.2 Å². The first-order valence-electron chi connectivity index (χ1n) is 18.7. The summed E-state index contributed by atoms with van der Waals surface area (Å²) in [5.74, 6) is -0.0316. The molecule has 3 N–H and O–H groups in total. The topological polar surface area (TPSA) is 69.6 Å². The van der Waals surface area contributed by atoms with Gasteiger partial charge in [-0.05, 0) is 12.8 Å². The van der Waals surface area contributed by atoms with Crippen LogP contribution in [-0.4, -0.2) is 34.9 Å². The van der Waals surface area contributed by atoms with Crippen molar-refractivity contribution in [2.75, 3.05) is 6.61 Å². The minimum atomic E-state index is -0.651. The van der Waals surface area contributed by atoms with Crippen molar-refractivity contribution in [2.24, 2.45) is 0 Å². The molecule has 0 saturated heterocycles. The van der Waals surface area contributed by atoms with Crippen molar-refractivity contribution in [1.82, 2.24) is 5.32 Å². The summed E-state index contributed by atoms with van der Waals surface area (Å²) in [5.41, 5.74) is 0. The number of aliphatic hydroxyl groups is 2. The summed E-state index contributed by atoms with van der Waals surface area (Å²) in [6, 6.07) is -0.527. The van der Waals surface area contributed by atoms with Crippen LogP contribution in [0.1, 0.15) is 213 Å². The first-order valence-corrected chi connectivity index (χ1v) is 18.7. The molecule has 41 heavy (non-hydrogen) atoms. The van der Waals surface area contributed by atoms with E-state index >= 15 is 0 Å². The Hall–Kier alpha value is -0.610. The molecule has 0 aromatic heterocycles. The molecule has 1 amide bonds. The lowest BCUT2D eigenvalue weighted by molar-refractivity contribution is -0.123. The number of hydrogen-bond donors (Lipinski definition) is 3. The zero-order valence-electron chi connectivity index (χ0n) is 28.1. The highest BCUT2D eigenvalue weighted by Gasteiger charge is 2.19. The Labute approximate surface area is 257 Å². The van der Waals surface area contributed by atoms with Crippen LogP contribution < -0.4 is 5.32 Å². The van der Waals surface area contributed by atoms with Crippen LogP contribution in [0.25, 0.3) is 0 Å². The molecule has 0 bridgehead atoms. The van der Waals surface area contributed by atoms with Gasteiger partial charge in [0, 0.05) is 6.42 Å². The second kappa shape index (κ2) is 33.9. The van der Waals surface area contributed by atoms with Crippen LogP contribution in [0.3, 0.4) is 0 Å². The number of aliphatic hydroxyl groups excluding tert-OH is 2. The summed E-state index contributed by atoms with van der Waals surface area (Å²) < 4.78 is 0. The maximum atomic E-state index is 12.3. The molecule has 2 atom stereocenters. The molecule has 0 aliphatic heterocycles. The Kier molecular flexibility index (Phi) is 33.4. The van der Waals surface area contributed by atoms with Gasteiger partial charge in [0.1, 0.15) is 0 Å². The van der Waals surface area contributed by atoms with Crippen molar-refractivity contribution >= 4 is 5.91 Å². The van der Waals surface area contributed by atoms with E-state index in [4.69, 9.17) is 0 Å². The van der Waals surface area contributed by atoms with E-state index in [9.17, 15) is 15.0 Å². The summed E-state index contributed by atoms with van der Waals surface area (Å²) in [4.78, 5) is 12.3. The highest BCUT2D eigenvalue weighted by atomic mass is 16.3. The Morgan fingerprint density at radius 3 is 1.10 bits per heavy atom. The van der Waals surface area contributed by atoms with Gasteiger partial charge >= 0.3 is 0 Å². The molecule has 246 valence electrons. The van der Waals surface area contributed by atoms with Crippen molar-refractivity contribution in [3.05, 3.63) is 0 Å². The molecule has 0 aromatic carbocycles. The quantitative estimate of drug-likeness (QED) is 0.0662. The summed E-state index contributed by atoms with van der Waals surface area (Å²) in [6.07, 6.45) is 38.8. The first kappa shape index (κ1) is 40.4. The molecule has 4 heteroatoms. The van der Waals surface area contributed by atoms with Gasteiger partial charge in [0.05, 0.1) is 18.8 Å². The number of amides is 1. The Morgan fingerprint density at radius 1 is 0.488 bits per heavy atom. The van der Waals surface area contributed by atoms with E-state index in [0.29, 0.717) is 12.8 Å². The molecule has 0 aromatic rings. The van der Waals surface area contributed by atoms with Crippen molar-refractivity contribution in [1.29, 1.82) is 0 Å². The van der Waals surface area contributed by atoms with E-state index in [-0.39, 0.29) is 12.5 Å². The molecule has 0 fully saturated rings. The number of carbonyl (C=O) groups excluding carboxylic acids is 1. The van der Waals surface area contributed by atoms with Gasteiger partial charge in [-0.2, -0.15) is 0 Å². The fourth-order valence-electron chi connectivity index (χ4n) is 5.95. The molecule has 0 aliphatic rings. The molecular weight excluding hydrogens is 506 g/mol. The zero-order valence-corrected chi connectivity index (χ0v) is 28.1. The van der Waals surface area contributed by atoms with Crippen LogP contribution in [0, 0.1) is 0 Å². The minimum absolute atomic E-state index is 0.0316. The molecule has 0 rings (SSSR count). The van der Waals surface area contributed by atoms with Crippen LogP contribution in [0.4, 0.5) is 0 Å². The van der Waals surface area contributed by atoms with Gasteiger partial charge in [0.25, 0.3) is 0 Å². The third-order valence-corrected chi connectivity index (χ3v) is 8.87. The average molecular weight is 582 g/mol. The number of carbonyl (C=O) groups is 1. The zero-order chi connectivity index (χ0) is 30.1. The highest BCUT2D eigenvalue weighted by molar-refractivity contribution is 5.76. The second-order valence-corrected chi connectivity index (χ2v) is 13.0. The average Bonchev–Trinajstić information content (AvgIpc) is 2.97. The van der Waals surface area contributed by atoms with Crippen LogP contribution >= 0.6 is 0 Å². The van der Waals surface area contributed by atoms with Crippen molar-refractivity contribution in [3.63, 3.8) is 0 Å². The standard InChI is InChI=1S/C37H75NO3/c1-3-5-7-9-11-13-15-16-17-18-19-20-21-22-23-24-26-28-30-32-36(40)35(34-39)38-37(41)33-31-29-27-25-14-12-10-8-6-4-2/h35-36,39-40H,3-34H2,1-2H3,(H,38,41). The lowest BCUT2D eigenvalue weighted by Crippen LogP contribution is -2.45. The number of hydrogen-bond acceptors (Lipinski definition) is 3. The van der Waals surface area contributed by atoms with E-state index in [1.165, 1.54) is 161 Å². The number of nitrogens with one attached hydrogen (secondary N) is 1. The number of rotatable bonds is 34. The smallest absolute Gasteiger partial charge is 0.220 e. The Bertz CT molecular complexity index is 512. The van der Waals surface area contributed by atoms with Crippen molar-refractivity contribution < 1.29 is 15.0 Å². The molecule has 0 heterocycles. The van der Waals surface area contributed by atoms with Crippen molar-refractivity contribution in [2.45, 2.75) is 225 Å². The minimum Gasteiger partial charge on any atom is -0.394 e. The van der Waals surface area contributed by atoms with Gasteiger partial charge in [-0.15, -0.1) is 0 Å².